The number of hydrogen-bond acceptors (Lipinski definition) is 3. The lowest BCUT2D eigenvalue weighted by Gasteiger charge is -2.61. The molecule has 4 atom stereocenters. The molecule has 21 heavy (non-hydrogen) atoms. The molecule has 4 heteroatoms. The second-order valence-corrected chi connectivity index (χ2v) is 7.28. The van der Waals surface area contributed by atoms with Crippen LogP contribution in [0, 0.1) is 30.1 Å². The van der Waals surface area contributed by atoms with Crippen LogP contribution >= 0.6 is 0 Å². The van der Waals surface area contributed by atoms with Crippen LogP contribution in [0.25, 0.3) is 0 Å². The fourth-order valence-electron chi connectivity index (χ4n) is 4.19. The minimum absolute atomic E-state index is 0.0602. The third-order valence-electron chi connectivity index (χ3n) is 5.82. The van der Waals surface area contributed by atoms with Crippen molar-refractivity contribution in [1.82, 2.24) is 4.98 Å². The molecule has 0 aromatic carbocycles. The number of carbonyl (C=O) groups excluding carboxylic acids is 1. The fraction of sp³-hybridized carbons (Fsp3) is 0.647. The van der Waals surface area contributed by atoms with Gasteiger partial charge in [0.25, 0.3) is 5.56 Å². The van der Waals surface area contributed by atoms with Gasteiger partial charge in [-0.15, -0.1) is 0 Å². The Kier molecular flexibility index (Phi) is 3.23. The summed E-state index contributed by atoms with van der Waals surface area (Å²) in [6.07, 6.45) is 2.10. The zero-order valence-electron chi connectivity index (χ0n) is 13.1. The Hall–Kier alpha value is -1.58. The zero-order valence-corrected chi connectivity index (χ0v) is 13.1. The van der Waals surface area contributed by atoms with Gasteiger partial charge >= 0.3 is 5.97 Å². The van der Waals surface area contributed by atoms with Crippen LogP contribution in [0.4, 0.5) is 0 Å². The van der Waals surface area contributed by atoms with Crippen molar-refractivity contribution < 1.29 is 9.53 Å². The first-order valence-corrected chi connectivity index (χ1v) is 7.71. The number of aromatic amines is 1. The monoisotopic (exact) mass is 289 g/mol. The molecular formula is C17H23NO3. The number of fused-ring (bicyclic) bond motifs is 2. The predicted molar refractivity (Wildman–Crippen MR) is 80.2 cm³/mol. The maximum Gasteiger partial charge on any atom is 0.344 e. The summed E-state index contributed by atoms with van der Waals surface area (Å²) < 4.78 is 5.65. The lowest BCUT2D eigenvalue weighted by Crippen LogP contribution is -2.57. The summed E-state index contributed by atoms with van der Waals surface area (Å²) in [5, 5.41) is 0. The molecule has 0 unspecified atom stereocenters. The summed E-state index contributed by atoms with van der Waals surface area (Å²) in [7, 11) is 0. The van der Waals surface area contributed by atoms with Crippen LogP contribution in [0.1, 0.15) is 49.7 Å². The average Bonchev–Trinajstić information content (AvgIpc) is 2.40. The smallest absolute Gasteiger partial charge is 0.344 e. The number of rotatable bonds is 2. The molecule has 3 aliphatic carbocycles. The van der Waals surface area contributed by atoms with Crippen molar-refractivity contribution >= 4 is 5.97 Å². The van der Waals surface area contributed by atoms with Crippen molar-refractivity contribution in [2.75, 3.05) is 0 Å². The van der Waals surface area contributed by atoms with Crippen LogP contribution in [0.15, 0.2) is 16.9 Å². The number of aromatic nitrogens is 1. The van der Waals surface area contributed by atoms with Gasteiger partial charge in [-0.25, -0.2) is 4.79 Å². The van der Waals surface area contributed by atoms with Gasteiger partial charge in [0.1, 0.15) is 11.7 Å². The Morgan fingerprint density at radius 3 is 2.62 bits per heavy atom. The average molecular weight is 289 g/mol. The van der Waals surface area contributed by atoms with Crippen LogP contribution < -0.4 is 5.56 Å². The van der Waals surface area contributed by atoms with Crippen molar-refractivity contribution in [3.8, 4) is 0 Å². The van der Waals surface area contributed by atoms with E-state index < -0.39 is 5.97 Å². The maximum atomic E-state index is 12.2. The Labute approximate surface area is 124 Å². The van der Waals surface area contributed by atoms with Crippen LogP contribution in [0.2, 0.25) is 0 Å². The Balaban J connectivity index is 1.73. The van der Waals surface area contributed by atoms with Crippen LogP contribution in [-0.4, -0.2) is 17.1 Å². The maximum absolute atomic E-state index is 12.2. The van der Waals surface area contributed by atoms with Crippen molar-refractivity contribution in [2.24, 2.45) is 23.2 Å². The van der Waals surface area contributed by atoms with Crippen molar-refractivity contribution in [2.45, 2.75) is 46.6 Å². The number of carbonyl (C=O) groups is 1. The highest BCUT2D eigenvalue weighted by atomic mass is 16.5. The van der Waals surface area contributed by atoms with Crippen molar-refractivity contribution in [3.05, 3.63) is 33.7 Å². The number of pyridine rings is 1. The molecule has 0 radical (unpaired) electrons. The fourth-order valence-corrected chi connectivity index (χ4v) is 4.19. The van der Waals surface area contributed by atoms with Crippen LogP contribution in [0.5, 0.6) is 0 Å². The Bertz CT molecular complexity index is 631. The van der Waals surface area contributed by atoms with Crippen LogP contribution in [-0.2, 0) is 4.74 Å². The van der Waals surface area contributed by atoms with Gasteiger partial charge in [0.05, 0.1) is 0 Å². The molecule has 0 amide bonds. The topological polar surface area (TPSA) is 59.2 Å². The van der Waals surface area contributed by atoms with Gasteiger partial charge < -0.3 is 9.72 Å². The molecule has 3 saturated carbocycles. The van der Waals surface area contributed by atoms with Gasteiger partial charge in [-0.05, 0) is 55.1 Å². The third-order valence-corrected chi connectivity index (χ3v) is 5.82. The zero-order chi connectivity index (χ0) is 15.4. The second-order valence-electron chi connectivity index (χ2n) is 7.28. The molecule has 1 aromatic rings. The molecule has 3 aliphatic rings. The van der Waals surface area contributed by atoms with E-state index in [1.54, 1.807) is 19.1 Å². The molecule has 0 saturated heterocycles. The first kappa shape index (κ1) is 14.4. The molecule has 1 heterocycles. The van der Waals surface area contributed by atoms with Gasteiger partial charge in [-0.2, -0.15) is 0 Å². The summed E-state index contributed by atoms with van der Waals surface area (Å²) in [6.45, 7) is 8.57. The summed E-state index contributed by atoms with van der Waals surface area (Å²) in [6, 6.07) is 3.28. The summed E-state index contributed by atoms with van der Waals surface area (Å²) in [5.41, 5.74) is 0.842. The number of hydrogen-bond donors (Lipinski definition) is 1. The molecule has 4 rings (SSSR count). The number of nitrogens with one attached hydrogen (secondary N) is 1. The van der Waals surface area contributed by atoms with E-state index >= 15 is 0 Å². The molecule has 1 N–H and O–H groups in total. The molecule has 1 aromatic heterocycles. The number of aryl methyl sites for hydroxylation is 1. The van der Waals surface area contributed by atoms with E-state index in [4.69, 9.17) is 4.74 Å². The highest BCUT2D eigenvalue weighted by Crippen LogP contribution is 2.61. The summed E-state index contributed by atoms with van der Waals surface area (Å²) in [4.78, 5) is 26.7. The largest absolute Gasteiger partial charge is 0.458 e. The number of esters is 1. The molecule has 114 valence electrons. The van der Waals surface area contributed by atoms with E-state index in [2.05, 4.69) is 25.8 Å². The van der Waals surface area contributed by atoms with Crippen LogP contribution in [0.3, 0.4) is 0 Å². The third kappa shape index (κ3) is 2.21. The van der Waals surface area contributed by atoms with E-state index in [0.717, 1.165) is 12.1 Å². The minimum Gasteiger partial charge on any atom is -0.458 e. The molecular weight excluding hydrogens is 266 g/mol. The summed E-state index contributed by atoms with van der Waals surface area (Å²) >= 11 is 0. The highest BCUT2D eigenvalue weighted by Gasteiger charge is 2.57. The minimum atomic E-state index is -0.493. The molecule has 4 nitrogen and oxygen atoms in total. The van der Waals surface area contributed by atoms with E-state index in [9.17, 15) is 9.59 Å². The van der Waals surface area contributed by atoms with Crippen molar-refractivity contribution in [3.63, 3.8) is 0 Å². The predicted octanol–water partition coefficient (Wildman–Crippen LogP) is 2.91. The van der Waals surface area contributed by atoms with Crippen molar-refractivity contribution in [1.29, 1.82) is 0 Å². The quantitative estimate of drug-likeness (QED) is 0.852. The first-order chi connectivity index (χ1) is 9.80. The number of H-pyrrole nitrogens is 1. The van der Waals surface area contributed by atoms with E-state index in [1.165, 1.54) is 6.42 Å². The molecule has 0 spiro atoms. The van der Waals surface area contributed by atoms with Gasteiger partial charge in [0.2, 0.25) is 0 Å². The van der Waals surface area contributed by atoms with E-state index in [-0.39, 0.29) is 17.2 Å². The lowest BCUT2D eigenvalue weighted by molar-refractivity contribution is -0.156. The number of ether oxygens (including phenoxy) is 1. The van der Waals surface area contributed by atoms with E-state index in [1.807, 2.05) is 0 Å². The lowest BCUT2D eigenvalue weighted by atomic mass is 9.45. The van der Waals surface area contributed by atoms with Gasteiger partial charge in [0, 0.05) is 5.69 Å². The van der Waals surface area contributed by atoms with E-state index in [0.29, 0.717) is 23.2 Å². The SMILES string of the molecule is Cc1ccc(C(=O)O[C@@H]2C[C@H]3C[C@@H]([C@@H]2C)C3(C)C)c(=O)[nH]1. The first-order valence-electron chi connectivity index (χ1n) is 7.71. The standard InChI is InChI=1S/C17H23NO3/c1-9-5-6-12(15(19)18-9)16(20)21-14-8-11-7-13(10(14)2)17(11,3)4/h5-6,10-11,13-14H,7-8H2,1-4H3,(H,18,19)/t10-,11+,13-,14+/m0/s1. The molecule has 2 bridgehead atoms. The van der Waals surface area contributed by atoms with Gasteiger partial charge in [-0.3, -0.25) is 4.79 Å². The van der Waals surface area contributed by atoms with Gasteiger partial charge in [0.15, 0.2) is 0 Å². The normalized spacial score (nSPS) is 33.1. The van der Waals surface area contributed by atoms with Gasteiger partial charge in [-0.1, -0.05) is 20.8 Å². The Morgan fingerprint density at radius 2 is 2.05 bits per heavy atom. The molecule has 3 fully saturated rings. The molecule has 0 aliphatic heterocycles. The Morgan fingerprint density at radius 1 is 1.33 bits per heavy atom. The highest BCUT2D eigenvalue weighted by molar-refractivity contribution is 5.89. The summed E-state index contributed by atoms with van der Waals surface area (Å²) in [5.74, 6) is 1.11. The second kappa shape index (κ2) is 4.72.